The number of fused-ring (bicyclic) bond motifs is 1. The number of rotatable bonds is 2. The van der Waals surface area contributed by atoms with E-state index >= 15 is 0 Å². The third-order valence-electron chi connectivity index (χ3n) is 2.93. The Morgan fingerprint density at radius 2 is 1.79 bits per heavy atom. The second-order valence-electron chi connectivity index (χ2n) is 4.05. The van der Waals surface area contributed by atoms with E-state index in [2.05, 4.69) is 9.97 Å². The molecule has 92 valence electrons. The van der Waals surface area contributed by atoms with Crippen molar-refractivity contribution in [1.29, 1.82) is 0 Å². The van der Waals surface area contributed by atoms with Gasteiger partial charge in [0.15, 0.2) is 0 Å². The van der Waals surface area contributed by atoms with E-state index in [0.717, 1.165) is 22.0 Å². The second-order valence-corrected chi connectivity index (χ2v) is 4.05. The highest BCUT2D eigenvalue weighted by Crippen LogP contribution is 2.29. The fourth-order valence-electron chi connectivity index (χ4n) is 2.03. The smallest absolute Gasteiger partial charge is 0.265 e. The number of hydrogen-bond acceptors (Lipinski definition) is 4. The normalized spacial score (nSPS) is 10.5. The minimum atomic E-state index is -0.400. The van der Waals surface area contributed by atoms with Gasteiger partial charge in [0, 0.05) is 36.1 Å². The Labute approximate surface area is 108 Å². The first-order valence-electron chi connectivity index (χ1n) is 5.69. The van der Waals surface area contributed by atoms with E-state index in [1.54, 1.807) is 30.7 Å². The zero-order valence-electron chi connectivity index (χ0n) is 9.85. The molecule has 19 heavy (non-hydrogen) atoms. The van der Waals surface area contributed by atoms with Crippen LogP contribution in [0.4, 0.5) is 5.69 Å². The van der Waals surface area contributed by atoms with Crippen molar-refractivity contribution < 1.29 is 4.92 Å². The summed E-state index contributed by atoms with van der Waals surface area (Å²) in [6.07, 6.45) is 5.09. The largest absolute Gasteiger partial charge is 0.270 e. The number of non-ortho nitro benzene ring substituents is 1. The fraction of sp³-hybridized carbons (Fsp3) is 0. The Balaban J connectivity index is 2.30. The van der Waals surface area contributed by atoms with Crippen LogP contribution < -0.4 is 0 Å². The standard InChI is InChI=1S/C14H9N3O2/c18-17(19)11-1-2-14-13(9-11)12(5-8-16-14)10-3-6-15-7-4-10/h1-9H. The van der Waals surface area contributed by atoms with Crippen molar-refractivity contribution in [3.63, 3.8) is 0 Å². The summed E-state index contributed by atoms with van der Waals surface area (Å²) in [5.74, 6) is 0. The first-order chi connectivity index (χ1) is 9.25. The highest BCUT2D eigenvalue weighted by atomic mass is 16.6. The average Bonchev–Trinajstić information content (AvgIpc) is 2.47. The van der Waals surface area contributed by atoms with Crippen molar-refractivity contribution in [1.82, 2.24) is 9.97 Å². The number of hydrogen-bond donors (Lipinski definition) is 0. The number of benzene rings is 1. The Morgan fingerprint density at radius 1 is 1.00 bits per heavy atom. The summed E-state index contributed by atoms with van der Waals surface area (Å²) in [6.45, 7) is 0. The lowest BCUT2D eigenvalue weighted by molar-refractivity contribution is -0.384. The third kappa shape index (κ3) is 2.01. The monoisotopic (exact) mass is 251 g/mol. The van der Waals surface area contributed by atoms with Crippen LogP contribution in [0.15, 0.2) is 55.0 Å². The van der Waals surface area contributed by atoms with Crippen LogP contribution in [0.3, 0.4) is 0 Å². The number of pyridine rings is 2. The predicted octanol–water partition coefficient (Wildman–Crippen LogP) is 3.21. The van der Waals surface area contributed by atoms with Crippen LogP contribution in [0.5, 0.6) is 0 Å². The molecule has 0 aliphatic heterocycles. The van der Waals surface area contributed by atoms with Gasteiger partial charge in [0.05, 0.1) is 10.4 Å². The molecular weight excluding hydrogens is 242 g/mol. The molecule has 3 rings (SSSR count). The van der Waals surface area contributed by atoms with Crippen LogP contribution in [0, 0.1) is 10.1 Å². The quantitative estimate of drug-likeness (QED) is 0.518. The minimum Gasteiger partial charge on any atom is -0.265 e. The molecular formula is C14H9N3O2. The summed E-state index contributed by atoms with van der Waals surface area (Å²) < 4.78 is 0. The molecule has 2 heterocycles. The molecule has 0 radical (unpaired) electrons. The van der Waals surface area contributed by atoms with Crippen molar-refractivity contribution in [3.05, 3.63) is 65.1 Å². The van der Waals surface area contributed by atoms with Gasteiger partial charge in [0.25, 0.3) is 5.69 Å². The van der Waals surface area contributed by atoms with Gasteiger partial charge in [-0.15, -0.1) is 0 Å². The lowest BCUT2D eigenvalue weighted by Crippen LogP contribution is -1.90. The van der Waals surface area contributed by atoms with E-state index in [0.29, 0.717) is 0 Å². The summed E-state index contributed by atoms with van der Waals surface area (Å²) >= 11 is 0. The van der Waals surface area contributed by atoms with E-state index in [1.165, 1.54) is 6.07 Å². The molecule has 0 bridgehead atoms. The van der Waals surface area contributed by atoms with E-state index in [4.69, 9.17) is 0 Å². The van der Waals surface area contributed by atoms with Crippen LogP contribution in [0.1, 0.15) is 0 Å². The van der Waals surface area contributed by atoms with Crippen molar-refractivity contribution in [2.75, 3.05) is 0 Å². The van der Waals surface area contributed by atoms with Gasteiger partial charge in [-0.1, -0.05) is 0 Å². The van der Waals surface area contributed by atoms with Gasteiger partial charge >= 0.3 is 0 Å². The lowest BCUT2D eigenvalue weighted by Gasteiger charge is -2.05. The molecule has 0 unspecified atom stereocenters. The molecule has 0 atom stereocenters. The Morgan fingerprint density at radius 3 is 2.53 bits per heavy atom. The maximum Gasteiger partial charge on any atom is 0.270 e. The molecule has 0 N–H and O–H groups in total. The molecule has 0 fully saturated rings. The van der Waals surface area contributed by atoms with Crippen LogP contribution in [-0.4, -0.2) is 14.9 Å². The van der Waals surface area contributed by atoms with Crippen LogP contribution in [0.2, 0.25) is 0 Å². The van der Waals surface area contributed by atoms with E-state index < -0.39 is 4.92 Å². The number of nitrogens with zero attached hydrogens (tertiary/aromatic N) is 3. The fourth-order valence-corrected chi connectivity index (χ4v) is 2.03. The van der Waals surface area contributed by atoms with Gasteiger partial charge < -0.3 is 0 Å². The number of nitro groups is 1. The highest BCUT2D eigenvalue weighted by Gasteiger charge is 2.10. The molecule has 5 nitrogen and oxygen atoms in total. The van der Waals surface area contributed by atoms with E-state index in [1.807, 2.05) is 18.2 Å². The third-order valence-corrected chi connectivity index (χ3v) is 2.93. The first kappa shape index (κ1) is 11.3. The zero-order chi connectivity index (χ0) is 13.2. The summed E-state index contributed by atoms with van der Waals surface area (Å²) in [6, 6.07) is 10.3. The summed E-state index contributed by atoms with van der Waals surface area (Å²) in [7, 11) is 0. The van der Waals surface area contributed by atoms with Crippen LogP contribution in [-0.2, 0) is 0 Å². The van der Waals surface area contributed by atoms with Gasteiger partial charge in [0.1, 0.15) is 0 Å². The molecule has 1 aromatic carbocycles. The summed E-state index contributed by atoms with van der Waals surface area (Å²) in [5, 5.41) is 11.6. The van der Waals surface area contributed by atoms with Crippen molar-refractivity contribution >= 4 is 16.6 Å². The van der Waals surface area contributed by atoms with Crippen molar-refractivity contribution in [3.8, 4) is 11.1 Å². The highest BCUT2D eigenvalue weighted by molar-refractivity contribution is 5.95. The molecule has 0 aliphatic carbocycles. The number of aromatic nitrogens is 2. The Bertz CT molecular complexity index is 757. The summed E-state index contributed by atoms with van der Waals surface area (Å²) in [4.78, 5) is 18.7. The maximum atomic E-state index is 10.9. The molecule has 2 aromatic heterocycles. The summed E-state index contributed by atoms with van der Waals surface area (Å²) in [5.41, 5.74) is 2.68. The predicted molar refractivity (Wildman–Crippen MR) is 71.6 cm³/mol. The number of nitro benzene ring substituents is 1. The van der Waals surface area contributed by atoms with E-state index in [-0.39, 0.29) is 5.69 Å². The second kappa shape index (κ2) is 4.45. The first-order valence-corrected chi connectivity index (χ1v) is 5.69. The van der Waals surface area contributed by atoms with Gasteiger partial charge in [-0.05, 0) is 35.4 Å². The van der Waals surface area contributed by atoms with Gasteiger partial charge in [-0.25, -0.2) is 0 Å². The lowest BCUT2D eigenvalue weighted by atomic mass is 10.0. The Kier molecular flexibility index (Phi) is 2.64. The van der Waals surface area contributed by atoms with Crippen LogP contribution >= 0.6 is 0 Å². The molecule has 0 saturated carbocycles. The molecule has 0 amide bonds. The van der Waals surface area contributed by atoms with E-state index in [9.17, 15) is 10.1 Å². The molecule has 0 saturated heterocycles. The van der Waals surface area contributed by atoms with Crippen molar-refractivity contribution in [2.45, 2.75) is 0 Å². The zero-order valence-corrected chi connectivity index (χ0v) is 9.85. The molecule has 3 aromatic rings. The topological polar surface area (TPSA) is 68.9 Å². The molecule has 0 spiro atoms. The van der Waals surface area contributed by atoms with Gasteiger partial charge in [-0.3, -0.25) is 20.1 Å². The minimum absolute atomic E-state index is 0.0656. The average molecular weight is 251 g/mol. The van der Waals surface area contributed by atoms with Crippen LogP contribution in [0.25, 0.3) is 22.0 Å². The molecule has 0 aliphatic rings. The van der Waals surface area contributed by atoms with Crippen molar-refractivity contribution in [2.24, 2.45) is 0 Å². The SMILES string of the molecule is O=[N+]([O-])c1ccc2nccc(-c3ccncc3)c2c1. The maximum absolute atomic E-state index is 10.9. The Hall–Kier alpha value is -2.82. The van der Waals surface area contributed by atoms with Gasteiger partial charge in [0.2, 0.25) is 0 Å². The van der Waals surface area contributed by atoms with Gasteiger partial charge in [-0.2, -0.15) is 0 Å². The molecule has 5 heteroatoms.